The molecule has 1 spiro atoms. The molecule has 3 amide bonds. The molecule has 5 rings (SSSR count). The van der Waals surface area contributed by atoms with Crippen LogP contribution in [0.2, 0.25) is 0 Å². The molecule has 0 bridgehead atoms. The van der Waals surface area contributed by atoms with Gasteiger partial charge in [-0.3, -0.25) is 4.79 Å². The molecule has 2 aromatic carbocycles. The molecule has 1 saturated carbocycles. The Morgan fingerprint density at radius 3 is 2.80 bits per heavy atom. The van der Waals surface area contributed by atoms with E-state index in [1.165, 1.54) is 12.1 Å². The van der Waals surface area contributed by atoms with Crippen molar-refractivity contribution in [3.05, 3.63) is 53.3 Å². The Morgan fingerprint density at radius 1 is 1.20 bits per heavy atom. The standard InChI is InChI=1S/C23H24FN3O3/c1-27-19-12-16(6-3-14(19)4-8-21(27)28)25-22(29)26-18-13-23(9-2-10-23)30-20-7-5-15(24)11-17(18)20/h3,5-7,11-12,18H,2,4,8-10,13H2,1H3,(H2,25,26,29)/t18-/m0/s1. The number of anilines is 2. The molecule has 0 radical (unpaired) electrons. The monoisotopic (exact) mass is 409 g/mol. The van der Waals surface area contributed by atoms with E-state index in [-0.39, 0.29) is 29.4 Å². The fourth-order valence-corrected chi connectivity index (χ4v) is 4.68. The number of halogens is 1. The van der Waals surface area contributed by atoms with Gasteiger partial charge in [-0.25, -0.2) is 9.18 Å². The fraction of sp³-hybridized carbons (Fsp3) is 0.391. The zero-order valence-electron chi connectivity index (χ0n) is 16.8. The summed E-state index contributed by atoms with van der Waals surface area (Å²) >= 11 is 0. The van der Waals surface area contributed by atoms with E-state index >= 15 is 0 Å². The fourth-order valence-electron chi connectivity index (χ4n) is 4.68. The molecule has 2 aromatic rings. The Labute approximate surface area is 174 Å². The number of rotatable bonds is 2. The van der Waals surface area contributed by atoms with Crippen molar-refractivity contribution in [1.29, 1.82) is 0 Å². The van der Waals surface area contributed by atoms with Gasteiger partial charge in [0.1, 0.15) is 17.2 Å². The van der Waals surface area contributed by atoms with E-state index in [0.717, 1.165) is 30.5 Å². The molecule has 0 aromatic heterocycles. The molecule has 1 fully saturated rings. The van der Waals surface area contributed by atoms with Crippen molar-refractivity contribution < 1.29 is 18.7 Å². The normalized spacial score (nSPS) is 21.2. The lowest BCUT2D eigenvalue weighted by molar-refractivity contribution is -0.118. The van der Waals surface area contributed by atoms with Crippen molar-refractivity contribution in [1.82, 2.24) is 5.32 Å². The second kappa shape index (κ2) is 7.00. The third-order valence-corrected chi connectivity index (χ3v) is 6.51. The number of urea groups is 1. The first-order valence-corrected chi connectivity index (χ1v) is 10.4. The summed E-state index contributed by atoms with van der Waals surface area (Å²) in [5.41, 5.74) is 2.91. The van der Waals surface area contributed by atoms with Crippen molar-refractivity contribution in [2.24, 2.45) is 0 Å². The highest BCUT2D eigenvalue weighted by molar-refractivity contribution is 5.97. The highest BCUT2D eigenvalue weighted by Gasteiger charge is 2.46. The predicted octanol–water partition coefficient (Wildman–Crippen LogP) is 4.30. The van der Waals surface area contributed by atoms with Gasteiger partial charge in [0.05, 0.1) is 6.04 Å². The van der Waals surface area contributed by atoms with Gasteiger partial charge in [-0.15, -0.1) is 0 Å². The molecule has 2 heterocycles. The van der Waals surface area contributed by atoms with Crippen LogP contribution in [-0.2, 0) is 11.2 Å². The van der Waals surface area contributed by atoms with Crippen molar-refractivity contribution >= 4 is 23.3 Å². The molecular weight excluding hydrogens is 385 g/mol. The number of hydrogen-bond donors (Lipinski definition) is 2. The van der Waals surface area contributed by atoms with E-state index in [9.17, 15) is 14.0 Å². The predicted molar refractivity (Wildman–Crippen MR) is 111 cm³/mol. The van der Waals surface area contributed by atoms with Gasteiger partial charge < -0.3 is 20.3 Å². The molecule has 7 heteroatoms. The largest absolute Gasteiger partial charge is 0.487 e. The minimum atomic E-state index is -0.365. The number of aryl methyl sites for hydroxylation is 1. The molecule has 1 aliphatic carbocycles. The maximum absolute atomic E-state index is 13.9. The van der Waals surface area contributed by atoms with Crippen LogP contribution in [0.1, 0.15) is 49.3 Å². The molecule has 1 atom stereocenters. The molecule has 30 heavy (non-hydrogen) atoms. The van der Waals surface area contributed by atoms with E-state index in [0.29, 0.717) is 36.3 Å². The van der Waals surface area contributed by atoms with Crippen LogP contribution in [0.4, 0.5) is 20.6 Å². The summed E-state index contributed by atoms with van der Waals surface area (Å²) in [4.78, 5) is 26.4. The molecule has 156 valence electrons. The lowest BCUT2D eigenvalue weighted by Crippen LogP contribution is -2.50. The van der Waals surface area contributed by atoms with Crippen LogP contribution in [0, 0.1) is 5.82 Å². The van der Waals surface area contributed by atoms with Gasteiger partial charge in [0.2, 0.25) is 5.91 Å². The van der Waals surface area contributed by atoms with Gasteiger partial charge in [-0.2, -0.15) is 0 Å². The number of carbonyl (C=O) groups excluding carboxylic acids is 2. The molecule has 0 unspecified atom stereocenters. The minimum absolute atomic E-state index is 0.0655. The van der Waals surface area contributed by atoms with Crippen molar-refractivity contribution in [2.45, 2.75) is 50.2 Å². The van der Waals surface area contributed by atoms with Gasteiger partial charge in [0.15, 0.2) is 0 Å². The van der Waals surface area contributed by atoms with Gasteiger partial charge >= 0.3 is 6.03 Å². The smallest absolute Gasteiger partial charge is 0.319 e. The Kier molecular flexibility index (Phi) is 4.41. The average Bonchev–Trinajstić information content (AvgIpc) is 2.70. The number of benzene rings is 2. The summed E-state index contributed by atoms with van der Waals surface area (Å²) in [5.74, 6) is 0.355. The summed E-state index contributed by atoms with van der Waals surface area (Å²) in [5, 5.41) is 5.86. The molecule has 0 saturated heterocycles. The topological polar surface area (TPSA) is 70.7 Å². The number of carbonyl (C=O) groups is 2. The quantitative estimate of drug-likeness (QED) is 0.777. The zero-order valence-corrected chi connectivity index (χ0v) is 16.8. The first-order chi connectivity index (χ1) is 14.4. The Hall–Kier alpha value is -3.09. The van der Waals surface area contributed by atoms with Gasteiger partial charge in [0, 0.05) is 36.8 Å². The molecular formula is C23H24FN3O3. The third kappa shape index (κ3) is 3.28. The van der Waals surface area contributed by atoms with Crippen LogP contribution in [-0.4, -0.2) is 24.6 Å². The number of nitrogens with one attached hydrogen (secondary N) is 2. The molecule has 6 nitrogen and oxygen atoms in total. The van der Waals surface area contributed by atoms with E-state index in [1.807, 2.05) is 18.2 Å². The number of hydrogen-bond acceptors (Lipinski definition) is 3. The van der Waals surface area contributed by atoms with E-state index < -0.39 is 0 Å². The van der Waals surface area contributed by atoms with Crippen LogP contribution in [0.15, 0.2) is 36.4 Å². The number of fused-ring (bicyclic) bond motifs is 2. The lowest BCUT2D eigenvalue weighted by Gasteiger charge is -2.48. The highest BCUT2D eigenvalue weighted by Crippen LogP contribution is 2.49. The lowest BCUT2D eigenvalue weighted by atomic mass is 9.73. The minimum Gasteiger partial charge on any atom is -0.487 e. The van der Waals surface area contributed by atoms with Gasteiger partial charge in [0.25, 0.3) is 0 Å². The van der Waals surface area contributed by atoms with Crippen LogP contribution in [0.5, 0.6) is 5.75 Å². The molecule has 3 aliphatic rings. The van der Waals surface area contributed by atoms with E-state index in [1.54, 1.807) is 18.0 Å². The van der Waals surface area contributed by atoms with Gasteiger partial charge in [-0.1, -0.05) is 6.07 Å². The Bertz CT molecular complexity index is 1030. The number of amides is 3. The SMILES string of the molecule is CN1C(=O)CCc2ccc(NC(=O)N[C@H]3CC4(CCC4)Oc4ccc(F)cc43)cc21. The summed E-state index contributed by atoms with van der Waals surface area (Å²) in [7, 11) is 1.75. The van der Waals surface area contributed by atoms with E-state index in [4.69, 9.17) is 4.74 Å². The Morgan fingerprint density at radius 2 is 2.03 bits per heavy atom. The number of ether oxygens (including phenoxy) is 1. The van der Waals surface area contributed by atoms with Crippen LogP contribution >= 0.6 is 0 Å². The summed E-state index contributed by atoms with van der Waals surface area (Å²) in [6.07, 6.45) is 4.80. The van der Waals surface area contributed by atoms with Crippen LogP contribution < -0.4 is 20.3 Å². The highest BCUT2D eigenvalue weighted by atomic mass is 19.1. The maximum atomic E-state index is 13.9. The van der Waals surface area contributed by atoms with Crippen molar-refractivity contribution in [2.75, 3.05) is 17.3 Å². The second-order valence-electron chi connectivity index (χ2n) is 8.47. The summed E-state index contributed by atoms with van der Waals surface area (Å²) in [6.45, 7) is 0. The van der Waals surface area contributed by atoms with E-state index in [2.05, 4.69) is 10.6 Å². The summed E-state index contributed by atoms with van der Waals surface area (Å²) < 4.78 is 20.0. The zero-order chi connectivity index (χ0) is 20.9. The van der Waals surface area contributed by atoms with Crippen molar-refractivity contribution in [3.8, 4) is 5.75 Å². The molecule has 2 N–H and O–H groups in total. The first-order valence-electron chi connectivity index (χ1n) is 10.4. The third-order valence-electron chi connectivity index (χ3n) is 6.51. The first kappa shape index (κ1) is 18.9. The maximum Gasteiger partial charge on any atom is 0.319 e. The second-order valence-corrected chi connectivity index (χ2v) is 8.47. The summed E-state index contributed by atoms with van der Waals surface area (Å²) in [6, 6.07) is 9.37. The molecule has 2 aliphatic heterocycles. The Balaban J connectivity index is 1.34. The average molecular weight is 409 g/mol. The van der Waals surface area contributed by atoms with Crippen LogP contribution in [0.3, 0.4) is 0 Å². The van der Waals surface area contributed by atoms with Crippen LogP contribution in [0.25, 0.3) is 0 Å². The van der Waals surface area contributed by atoms with Gasteiger partial charge in [-0.05, 0) is 61.6 Å². The van der Waals surface area contributed by atoms with Crippen molar-refractivity contribution in [3.63, 3.8) is 0 Å². The number of nitrogens with zero attached hydrogens (tertiary/aromatic N) is 1.